The van der Waals surface area contributed by atoms with Crippen LogP contribution in [0.15, 0.2) is 30.3 Å². The summed E-state index contributed by atoms with van der Waals surface area (Å²) < 4.78 is 1.45. The molecule has 1 aromatic rings. The van der Waals surface area contributed by atoms with Gasteiger partial charge in [0.2, 0.25) is 0 Å². The minimum absolute atomic E-state index is 1.09. The maximum atomic E-state index is 2.27. The third kappa shape index (κ3) is 2.55. The van der Waals surface area contributed by atoms with Crippen molar-refractivity contribution in [3.8, 4) is 0 Å². The Morgan fingerprint density at radius 3 is 2.24 bits per heavy atom. The second-order valence-corrected chi connectivity index (χ2v) is 6.06. The van der Waals surface area contributed by atoms with E-state index in [9.17, 15) is 0 Å². The van der Waals surface area contributed by atoms with Gasteiger partial charge in [-0.15, -0.1) is 0 Å². The molecule has 1 aromatic carbocycles. The van der Waals surface area contributed by atoms with Gasteiger partial charge < -0.3 is 4.48 Å². The van der Waals surface area contributed by atoms with E-state index in [0.717, 1.165) is 5.92 Å². The summed E-state index contributed by atoms with van der Waals surface area (Å²) in [5.41, 5.74) is 1.51. The van der Waals surface area contributed by atoms with Crippen molar-refractivity contribution in [2.24, 2.45) is 5.92 Å². The lowest BCUT2D eigenvalue weighted by atomic mass is 9.85. The summed E-state index contributed by atoms with van der Waals surface area (Å²) in [7, 11) is 0. The van der Waals surface area contributed by atoms with Crippen molar-refractivity contribution in [3.05, 3.63) is 35.9 Å². The maximum absolute atomic E-state index is 2.27. The van der Waals surface area contributed by atoms with Gasteiger partial charge in [0, 0.05) is 6.42 Å². The van der Waals surface area contributed by atoms with E-state index in [4.69, 9.17) is 0 Å². The molecule has 0 radical (unpaired) electrons. The van der Waals surface area contributed by atoms with Crippen LogP contribution in [-0.4, -0.2) is 30.7 Å². The molecule has 3 aliphatic heterocycles. The van der Waals surface area contributed by atoms with Gasteiger partial charge in [-0.3, -0.25) is 0 Å². The summed E-state index contributed by atoms with van der Waals surface area (Å²) in [6.07, 6.45) is 7.15. The van der Waals surface area contributed by atoms with Gasteiger partial charge in [-0.25, -0.2) is 0 Å². The molecular formula is C16H24N+. The number of aryl methyl sites for hydroxylation is 1. The van der Waals surface area contributed by atoms with E-state index in [1.54, 1.807) is 0 Å². The smallest absolute Gasteiger partial charge is 0.0789 e. The second kappa shape index (κ2) is 4.81. The Bertz CT molecular complexity index is 335. The lowest BCUT2D eigenvalue weighted by molar-refractivity contribution is -0.942. The number of piperidine rings is 3. The van der Waals surface area contributed by atoms with Crippen LogP contribution < -0.4 is 0 Å². The van der Waals surface area contributed by atoms with Crippen LogP contribution in [0.25, 0.3) is 0 Å². The zero-order chi connectivity index (χ0) is 11.6. The largest absolute Gasteiger partial charge is 0.324 e. The average Bonchev–Trinajstić information content (AvgIpc) is 2.42. The minimum Gasteiger partial charge on any atom is -0.324 e. The number of fused-ring (bicyclic) bond motifs is 3. The second-order valence-electron chi connectivity index (χ2n) is 6.06. The number of benzene rings is 1. The first-order valence-corrected chi connectivity index (χ1v) is 7.25. The van der Waals surface area contributed by atoms with Gasteiger partial charge in [0.05, 0.1) is 26.2 Å². The van der Waals surface area contributed by atoms with Crippen LogP contribution in [-0.2, 0) is 6.42 Å². The Labute approximate surface area is 105 Å². The van der Waals surface area contributed by atoms with Gasteiger partial charge >= 0.3 is 0 Å². The first-order valence-electron chi connectivity index (χ1n) is 7.25. The molecule has 0 spiro atoms. The average molecular weight is 230 g/mol. The highest BCUT2D eigenvalue weighted by Gasteiger charge is 2.38. The highest BCUT2D eigenvalue weighted by atomic mass is 15.4. The molecule has 0 aliphatic carbocycles. The van der Waals surface area contributed by atoms with Crippen LogP contribution in [0.4, 0.5) is 0 Å². The van der Waals surface area contributed by atoms with Gasteiger partial charge in [0.1, 0.15) is 0 Å². The molecule has 0 atom stereocenters. The molecule has 1 nitrogen and oxygen atoms in total. The van der Waals surface area contributed by atoms with E-state index in [-0.39, 0.29) is 0 Å². The Hall–Kier alpha value is -0.820. The number of hydrogen-bond donors (Lipinski definition) is 0. The molecule has 3 heterocycles. The molecule has 3 saturated heterocycles. The summed E-state index contributed by atoms with van der Waals surface area (Å²) in [5.74, 6) is 1.09. The minimum atomic E-state index is 1.09. The van der Waals surface area contributed by atoms with Crippen molar-refractivity contribution in [2.75, 3.05) is 26.2 Å². The molecule has 0 saturated carbocycles. The monoisotopic (exact) mass is 230 g/mol. The molecule has 92 valence electrons. The van der Waals surface area contributed by atoms with E-state index in [1.807, 2.05) is 0 Å². The van der Waals surface area contributed by atoms with Crippen LogP contribution in [0.2, 0.25) is 0 Å². The summed E-state index contributed by atoms with van der Waals surface area (Å²) >= 11 is 0. The van der Waals surface area contributed by atoms with Gasteiger partial charge in [0.15, 0.2) is 0 Å². The van der Waals surface area contributed by atoms with Crippen LogP contribution in [0.1, 0.15) is 31.2 Å². The summed E-state index contributed by atoms with van der Waals surface area (Å²) in [6.45, 7) is 5.83. The number of hydrogen-bond acceptors (Lipinski definition) is 0. The van der Waals surface area contributed by atoms with Crippen LogP contribution in [0.5, 0.6) is 0 Å². The zero-order valence-electron chi connectivity index (χ0n) is 10.8. The molecular weight excluding hydrogens is 206 g/mol. The van der Waals surface area contributed by atoms with Gasteiger partial charge in [-0.1, -0.05) is 30.3 Å². The fraction of sp³-hybridized carbons (Fsp3) is 0.625. The molecule has 1 heteroatoms. The first-order chi connectivity index (χ1) is 8.36. The first kappa shape index (κ1) is 11.3. The summed E-state index contributed by atoms with van der Waals surface area (Å²) in [6, 6.07) is 11.0. The lowest BCUT2D eigenvalue weighted by Crippen LogP contribution is -2.58. The van der Waals surface area contributed by atoms with Crippen molar-refractivity contribution in [1.82, 2.24) is 0 Å². The quantitative estimate of drug-likeness (QED) is 0.697. The Morgan fingerprint density at radius 2 is 1.59 bits per heavy atom. The van der Waals surface area contributed by atoms with E-state index in [1.165, 1.54) is 68.3 Å². The van der Waals surface area contributed by atoms with E-state index in [2.05, 4.69) is 30.3 Å². The molecule has 3 fully saturated rings. The number of nitrogens with zero attached hydrogens (tertiary/aromatic N) is 1. The predicted octanol–water partition coefficient (Wildman–Crippen LogP) is 3.25. The van der Waals surface area contributed by atoms with Crippen molar-refractivity contribution in [1.29, 1.82) is 0 Å². The Balaban J connectivity index is 1.51. The van der Waals surface area contributed by atoms with Gasteiger partial charge in [-0.05, 0) is 37.2 Å². The standard InChI is InChI=1S/C16H24N/c1-2-5-15(6-3-1)7-4-11-17-12-8-16(9-13-17)10-14-17/h1-3,5-6,16H,4,7-14H2/q+1. The van der Waals surface area contributed by atoms with Crippen molar-refractivity contribution in [3.63, 3.8) is 0 Å². The fourth-order valence-corrected chi connectivity index (χ4v) is 3.74. The highest BCUT2D eigenvalue weighted by Crippen LogP contribution is 2.33. The molecule has 0 unspecified atom stereocenters. The molecule has 3 aliphatic rings. The SMILES string of the molecule is c1ccc(CCC[N+]23CCC(CC2)CC3)cc1. The topological polar surface area (TPSA) is 0 Å². The third-order valence-electron chi connectivity index (χ3n) is 4.98. The van der Waals surface area contributed by atoms with Crippen LogP contribution in [0, 0.1) is 5.92 Å². The molecule has 17 heavy (non-hydrogen) atoms. The van der Waals surface area contributed by atoms with Crippen molar-refractivity contribution < 1.29 is 4.48 Å². The number of quaternary nitrogens is 1. The summed E-state index contributed by atoms with van der Waals surface area (Å²) in [5, 5.41) is 0. The molecule has 4 rings (SSSR count). The van der Waals surface area contributed by atoms with Crippen molar-refractivity contribution >= 4 is 0 Å². The third-order valence-corrected chi connectivity index (χ3v) is 4.98. The summed E-state index contributed by atoms with van der Waals surface area (Å²) in [4.78, 5) is 0. The Kier molecular flexibility index (Phi) is 3.19. The maximum Gasteiger partial charge on any atom is 0.0789 e. The van der Waals surface area contributed by atoms with E-state index >= 15 is 0 Å². The van der Waals surface area contributed by atoms with E-state index < -0.39 is 0 Å². The molecule has 0 aromatic heterocycles. The molecule has 2 bridgehead atoms. The fourth-order valence-electron chi connectivity index (χ4n) is 3.74. The predicted molar refractivity (Wildman–Crippen MR) is 71.8 cm³/mol. The Morgan fingerprint density at radius 1 is 0.941 bits per heavy atom. The highest BCUT2D eigenvalue weighted by molar-refractivity contribution is 5.14. The van der Waals surface area contributed by atoms with Crippen LogP contribution in [0.3, 0.4) is 0 Å². The molecule has 0 amide bonds. The molecule has 0 N–H and O–H groups in total. The van der Waals surface area contributed by atoms with Gasteiger partial charge in [0.25, 0.3) is 0 Å². The number of rotatable bonds is 4. The normalized spacial score (nSPS) is 31.6. The van der Waals surface area contributed by atoms with Crippen molar-refractivity contribution in [2.45, 2.75) is 32.1 Å². The lowest BCUT2D eigenvalue weighted by Gasteiger charge is -2.49. The van der Waals surface area contributed by atoms with Crippen LogP contribution >= 0.6 is 0 Å². The zero-order valence-corrected chi connectivity index (χ0v) is 10.8. The van der Waals surface area contributed by atoms with E-state index in [0.29, 0.717) is 0 Å². The van der Waals surface area contributed by atoms with Gasteiger partial charge in [-0.2, -0.15) is 0 Å².